The summed E-state index contributed by atoms with van der Waals surface area (Å²) in [5, 5.41) is 0. The number of aromatic nitrogens is 2. The van der Waals surface area contributed by atoms with Gasteiger partial charge in [-0.15, -0.1) is 0 Å². The summed E-state index contributed by atoms with van der Waals surface area (Å²) >= 11 is 0. The van der Waals surface area contributed by atoms with Crippen LogP contribution in [0, 0.1) is 11.7 Å². The van der Waals surface area contributed by atoms with Crippen molar-refractivity contribution in [1.29, 1.82) is 0 Å². The lowest BCUT2D eigenvalue weighted by atomic mass is 9.96. The zero-order valence-electron chi connectivity index (χ0n) is 16.8. The van der Waals surface area contributed by atoms with Crippen molar-refractivity contribution in [3.05, 3.63) is 53.9 Å². The maximum absolute atomic E-state index is 14.0. The molecule has 0 radical (unpaired) electrons. The number of benzene rings is 1. The van der Waals surface area contributed by atoms with Gasteiger partial charge in [0.05, 0.1) is 12.5 Å². The van der Waals surface area contributed by atoms with Crippen LogP contribution in [-0.4, -0.2) is 77.4 Å². The number of likely N-dealkylation sites (N-methyl/N-ethyl adjacent to an activating group) is 1. The van der Waals surface area contributed by atoms with Crippen molar-refractivity contribution in [3.8, 4) is 0 Å². The highest BCUT2D eigenvalue weighted by molar-refractivity contribution is 5.92. The number of carbonyl (C=O) groups is 1. The van der Waals surface area contributed by atoms with Crippen molar-refractivity contribution in [1.82, 2.24) is 24.7 Å². The highest BCUT2D eigenvalue weighted by Gasteiger charge is 2.26. The predicted octanol–water partition coefficient (Wildman–Crippen LogP) is 2.46. The molecule has 1 atom stereocenters. The summed E-state index contributed by atoms with van der Waals surface area (Å²) in [6, 6.07) is 6.97. The van der Waals surface area contributed by atoms with Crippen molar-refractivity contribution >= 4 is 5.91 Å². The van der Waals surface area contributed by atoms with Crippen LogP contribution in [0.1, 0.15) is 28.9 Å². The fraction of sp³-hybridized carbons (Fsp3) is 0.524. The number of hydrogen-bond acceptors (Lipinski definition) is 4. The molecule has 0 bridgehead atoms. The molecule has 7 heteroatoms. The van der Waals surface area contributed by atoms with Crippen molar-refractivity contribution in [3.63, 3.8) is 0 Å². The Morgan fingerprint density at radius 1 is 1.32 bits per heavy atom. The maximum atomic E-state index is 14.0. The Hall–Kier alpha value is -2.25. The first-order valence-electron chi connectivity index (χ1n) is 9.91. The first kappa shape index (κ1) is 20.5. The Labute approximate surface area is 166 Å². The van der Waals surface area contributed by atoms with E-state index in [4.69, 9.17) is 0 Å². The second-order valence-electron chi connectivity index (χ2n) is 7.85. The van der Waals surface area contributed by atoms with Crippen molar-refractivity contribution < 1.29 is 9.18 Å². The first-order chi connectivity index (χ1) is 13.5. The van der Waals surface area contributed by atoms with E-state index >= 15 is 0 Å². The smallest absolute Gasteiger partial charge is 0.271 e. The number of aromatic amines is 1. The summed E-state index contributed by atoms with van der Waals surface area (Å²) in [4.78, 5) is 26.1. The van der Waals surface area contributed by atoms with Gasteiger partial charge in [-0.3, -0.25) is 9.69 Å². The summed E-state index contributed by atoms with van der Waals surface area (Å²) in [5.41, 5.74) is 1.26. The summed E-state index contributed by atoms with van der Waals surface area (Å²) in [6.45, 7) is 4.66. The minimum atomic E-state index is -0.147. The zero-order chi connectivity index (χ0) is 19.9. The Balaban J connectivity index is 1.62. The van der Waals surface area contributed by atoms with Crippen LogP contribution in [0.5, 0.6) is 0 Å². The Morgan fingerprint density at radius 3 is 2.86 bits per heavy atom. The fourth-order valence-corrected chi connectivity index (χ4v) is 3.76. The monoisotopic (exact) mass is 387 g/mol. The lowest BCUT2D eigenvalue weighted by molar-refractivity contribution is 0.0655. The zero-order valence-corrected chi connectivity index (χ0v) is 16.8. The van der Waals surface area contributed by atoms with Gasteiger partial charge in [0.2, 0.25) is 0 Å². The quantitative estimate of drug-likeness (QED) is 0.756. The molecule has 6 nitrogen and oxygen atoms in total. The number of hydrogen-bond donors (Lipinski definition) is 1. The van der Waals surface area contributed by atoms with Gasteiger partial charge >= 0.3 is 0 Å². The minimum Gasteiger partial charge on any atom is -0.341 e. The van der Waals surface area contributed by atoms with Crippen molar-refractivity contribution in [2.45, 2.75) is 19.4 Å². The average molecular weight is 388 g/mol. The highest BCUT2D eigenvalue weighted by atomic mass is 19.1. The van der Waals surface area contributed by atoms with Crippen LogP contribution in [0.15, 0.2) is 36.8 Å². The van der Waals surface area contributed by atoms with Gasteiger partial charge in [0.15, 0.2) is 0 Å². The molecule has 1 aromatic carbocycles. The number of likely N-dealkylation sites (tertiary alicyclic amines) is 1. The molecule has 152 valence electrons. The molecule has 1 aliphatic heterocycles. The second-order valence-corrected chi connectivity index (χ2v) is 7.85. The fourth-order valence-electron chi connectivity index (χ4n) is 3.76. The molecule has 28 heavy (non-hydrogen) atoms. The predicted molar refractivity (Wildman–Crippen MR) is 107 cm³/mol. The highest BCUT2D eigenvalue weighted by Crippen LogP contribution is 2.21. The van der Waals surface area contributed by atoms with Gasteiger partial charge < -0.3 is 14.8 Å². The molecule has 2 heterocycles. The lowest BCUT2D eigenvalue weighted by Crippen LogP contribution is -2.44. The van der Waals surface area contributed by atoms with Crippen LogP contribution < -0.4 is 0 Å². The van der Waals surface area contributed by atoms with Gasteiger partial charge in [0.25, 0.3) is 5.91 Å². The molecule has 0 spiro atoms. The van der Waals surface area contributed by atoms with Crippen LogP contribution in [0.4, 0.5) is 4.39 Å². The molecular weight excluding hydrogens is 357 g/mol. The molecule has 1 fully saturated rings. The third-order valence-corrected chi connectivity index (χ3v) is 5.27. The molecular formula is C21H30FN5O. The van der Waals surface area contributed by atoms with Crippen LogP contribution in [-0.2, 0) is 6.54 Å². The molecule has 1 saturated heterocycles. The molecule has 0 aliphatic carbocycles. The summed E-state index contributed by atoms with van der Waals surface area (Å²) in [5.74, 6) is 0.229. The molecule has 1 unspecified atom stereocenters. The number of piperidine rings is 1. The average Bonchev–Trinajstić information content (AvgIpc) is 3.21. The van der Waals surface area contributed by atoms with E-state index in [2.05, 4.69) is 19.8 Å². The third-order valence-electron chi connectivity index (χ3n) is 5.27. The third kappa shape index (κ3) is 5.62. The number of H-pyrrole nitrogens is 1. The number of nitrogens with zero attached hydrogens (tertiary/aromatic N) is 4. The molecule has 1 N–H and O–H groups in total. The second kappa shape index (κ2) is 9.80. The Bertz CT molecular complexity index is 749. The van der Waals surface area contributed by atoms with E-state index < -0.39 is 0 Å². The number of imidazole rings is 1. The van der Waals surface area contributed by atoms with E-state index in [1.54, 1.807) is 12.3 Å². The Morgan fingerprint density at radius 2 is 2.14 bits per heavy atom. The van der Waals surface area contributed by atoms with Crippen molar-refractivity contribution in [2.24, 2.45) is 5.92 Å². The van der Waals surface area contributed by atoms with Crippen LogP contribution in [0.3, 0.4) is 0 Å². The van der Waals surface area contributed by atoms with Crippen LogP contribution in [0.2, 0.25) is 0 Å². The standard InChI is InChI=1S/C21H30FN5O/c1-25(2)10-11-27(21(28)20-12-23-16-24-20)14-17-6-5-9-26(13-17)15-18-7-3-4-8-19(18)22/h3-4,7-8,12,16-17H,5-6,9-11,13-15H2,1-2H3,(H,23,24). The van der Waals surface area contributed by atoms with E-state index in [-0.39, 0.29) is 11.7 Å². The van der Waals surface area contributed by atoms with Gasteiger partial charge in [-0.05, 0) is 45.5 Å². The number of halogens is 1. The topological polar surface area (TPSA) is 55.5 Å². The summed E-state index contributed by atoms with van der Waals surface area (Å²) in [7, 11) is 4.02. The van der Waals surface area contributed by atoms with Crippen LogP contribution >= 0.6 is 0 Å². The number of amides is 1. The molecule has 1 amide bonds. The van der Waals surface area contributed by atoms with Gasteiger partial charge in [-0.25, -0.2) is 9.37 Å². The van der Waals surface area contributed by atoms with Gasteiger partial charge in [0.1, 0.15) is 11.5 Å². The van der Waals surface area contributed by atoms with Gasteiger partial charge in [-0.2, -0.15) is 0 Å². The van der Waals surface area contributed by atoms with E-state index in [1.807, 2.05) is 31.1 Å². The Kier molecular flexibility index (Phi) is 7.17. The summed E-state index contributed by atoms with van der Waals surface area (Å²) in [6.07, 6.45) is 5.27. The molecule has 3 rings (SSSR count). The van der Waals surface area contributed by atoms with Crippen molar-refractivity contribution in [2.75, 3.05) is 46.8 Å². The number of nitrogens with one attached hydrogen (secondary N) is 1. The number of carbonyl (C=O) groups excluding carboxylic acids is 1. The number of rotatable bonds is 8. The largest absolute Gasteiger partial charge is 0.341 e. The summed E-state index contributed by atoms with van der Waals surface area (Å²) < 4.78 is 14.0. The lowest BCUT2D eigenvalue weighted by Gasteiger charge is -2.36. The van der Waals surface area contributed by atoms with E-state index in [0.29, 0.717) is 31.2 Å². The molecule has 2 aromatic rings. The van der Waals surface area contributed by atoms with E-state index in [9.17, 15) is 9.18 Å². The minimum absolute atomic E-state index is 0.00872. The van der Waals surface area contributed by atoms with E-state index in [1.165, 1.54) is 12.4 Å². The molecule has 0 saturated carbocycles. The molecule has 1 aliphatic rings. The SMILES string of the molecule is CN(C)CCN(CC1CCCN(Cc2ccccc2F)C1)C(=O)c1cnc[nH]1. The van der Waals surface area contributed by atoms with E-state index in [0.717, 1.165) is 38.0 Å². The molecule has 1 aromatic heterocycles. The van der Waals surface area contributed by atoms with Gasteiger partial charge in [0, 0.05) is 38.3 Å². The maximum Gasteiger partial charge on any atom is 0.271 e. The first-order valence-corrected chi connectivity index (χ1v) is 9.91. The van der Waals surface area contributed by atoms with Crippen LogP contribution in [0.25, 0.3) is 0 Å². The van der Waals surface area contributed by atoms with Gasteiger partial charge in [-0.1, -0.05) is 18.2 Å². The normalized spacial score (nSPS) is 17.8.